The Bertz CT molecular complexity index is 658. The maximum absolute atomic E-state index is 12.6. The first kappa shape index (κ1) is 15.1. The zero-order valence-corrected chi connectivity index (χ0v) is 13.5. The number of carbonyl (C=O) groups excluding carboxylic acids is 1. The molecule has 0 radical (unpaired) electrons. The molecular weight excluding hydrogens is 350 g/mol. The smallest absolute Gasteiger partial charge is 0.307 e. The van der Waals surface area contributed by atoms with Crippen LogP contribution in [0, 0.1) is 23.7 Å². The second-order valence-electron chi connectivity index (χ2n) is 5.67. The van der Waals surface area contributed by atoms with Crippen molar-refractivity contribution in [3.05, 3.63) is 34.8 Å². The van der Waals surface area contributed by atoms with E-state index in [4.69, 9.17) is 4.74 Å². The molecule has 1 aromatic rings. The summed E-state index contributed by atoms with van der Waals surface area (Å²) in [6.07, 6.45) is 4.63. The third-order valence-electron chi connectivity index (χ3n) is 4.47. The van der Waals surface area contributed by atoms with Gasteiger partial charge in [-0.2, -0.15) is 0 Å². The summed E-state index contributed by atoms with van der Waals surface area (Å²) in [6.45, 7) is 0. The van der Waals surface area contributed by atoms with E-state index in [9.17, 15) is 14.7 Å². The van der Waals surface area contributed by atoms with E-state index in [1.807, 2.05) is 18.2 Å². The van der Waals surface area contributed by atoms with Crippen LogP contribution in [-0.2, 0) is 9.59 Å². The predicted octanol–water partition coefficient (Wildman–Crippen LogP) is 2.92. The van der Waals surface area contributed by atoms with Gasteiger partial charge in [-0.25, -0.2) is 0 Å². The van der Waals surface area contributed by atoms with Crippen molar-refractivity contribution >= 4 is 33.5 Å². The van der Waals surface area contributed by atoms with Gasteiger partial charge in [0.25, 0.3) is 0 Å². The summed E-state index contributed by atoms with van der Waals surface area (Å²) < 4.78 is 6.05. The lowest BCUT2D eigenvalue weighted by Gasteiger charge is -2.24. The monoisotopic (exact) mass is 365 g/mol. The molecule has 0 unspecified atom stereocenters. The van der Waals surface area contributed by atoms with Gasteiger partial charge >= 0.3 is 5.97 Å². The molecule has 2 aliphatic rings. The number of carboxylic acid groups (broad SMARTS) is 1. The Morgan fingerprint density at radius 1 is 1.27 bits per heavy atom. The Balaban J connectivity index is 1.84. The maximum Gasteiger partial charge on any atom is 0.307 e. The minimum absolute atomic E-state index is 0.00393. The molecule has 0 heterocycles. The Labute approximate surface area is 136 Å². The summed E-state index contributed by atoms with van der Waals surface area (Å²) in [5, 5.41) is 12.2. The number of methoxy groups -OCH3 is 1. The summed E-state index contributed by atoms with van der Waals surface area (Å²) in [4.78, 5) is 24.1. The lowest BCUT2D eigenvalue weighted by molar-refractivity contribution is -0.146. The molecule has 0 aromatic heterocycles. The summed E-state index contributed by atoms with van der Waals surface area (Å²) in [7, 11) is 1.53. The van der Waals surface area contributed by atoms with E-state index in [2.05, 4.69) is 21.2 Å². The molecule has 1 fully saturated rings. The lowest BCUT2D eigenvalue weighted by Crippen LogP contribution is -2.36. The molecule has 4 atom stereocenters. The van der Waals surface area contributed by atoms with Crippen LogP contribution in [0.4, 0.5) is 5.69 Å². The second-order valence-corrected chi connectivity index (χ2v) is 6.59. The van der Waals surface area contributed by atoms with Gasteiger partial charge in [0.05, 0.1) is 24.6 Å². The van der Waals surface area contributed by atoms with E-state index in [1.165, 1.54) is 7.11 Å². The highest BCUT2D eigenvalue weighted by Crippen LogP contribution is 2.48. The van der Waals surface area contributed by atoms with Gasteiger partial charge < -0.3 is 15.2 Å². The Hall–Kier alpha value is -1.82. The quantitative estimate of drug-likeness (QED) is 0.804. The third kappa shape index (κ3) is 2.52. The summed E-state index contributed by atoms with van der Waals surface area (Å²) >= 11 is 3.35. The van der Waals surface area contributed by atoms with E-state index in [0.717, 1.165) is 10.9 Å². The van der Waals surface area contributed by atoms with Crippen molar-refractivity contribution in [3.63, 3.8) is 0 Å². The third-order valence-corrected chi connectivity index (χ3v) is 4.96. The number of fused-ring (bicyclic) bond motifs is 2. The van der Waals surface area contributed by atoms with Crippen LogP contribution in [0.5, 0.6) is 5.75 Å². The Morgan fingerprint density at radius 2 is 1.95 bits per heavy atom. The number of nitrogens with one attached hydrogen (secondary N) is 1. The fourth-order valence-corrected chi connectivity index (χ4v) is 3.87. The second kappa shape index (κ2) is 5.76. The number of hydrogen-bond donors (Lipinski definition) is 2. The van der Waals surface area contributed by atoms with Crippen LogP contribution >= 0.6 is 15.9 Å². The summed E-state index contributed by atoms with van der Waals surface area (Å²) in [5.41, 5.74) is 0.540. The van der Waals surface area contributed by atoms with Gasteiger partial charge in [0.2, 0.25) is 5.91 Å². The topological polar surface area (TPSA) is 75.6 Å². The van der Waals surface area contributed by atoms with Crippen molar-refractivity contribution < 1.29 is 19.4 Å². The van der Waals surface area contributed by atoms with Gasteiger partial charge in [-0.05, 0) is 36.5 Å². The summed E-state index contributed by atoms with van der Waals surface area (Å²) in [6, 6.07) is 5.31. The molecule has 6 heteroatoms. The maximum atomic E-state index is 12.6. The Morgan fingerprint density at radius 3 is 2.59 bits per heavy atom. The van der Waals surface area contributed by atoms with E-state index in [0.29, 0.717) is 11.4 Å². The first-order chi connectivity index (χ1) is 10.5. The van der Waals surface area contributed by atoms with E-state index < -0.39 is 17.8 Å². The molecule has 0 spiro atoms. The minimum atomic E-state index is -0.904. The van der Waals surface area contributed by atoms with Crippen molar-refractivity contribution in [1.82, 2.24) is 0 Å². The molecule has 2 bridgehead atoms. The first-order valence-electron chi connectivity index (χ1n) is 7.07. The first-order valence-corrected chi connectivity index (χ1v) is 7.86. The van der Waals surface area contributed by atoms with Crippen molar-refractivity contribution in [3.8, 4) is 5.75 Å². The van der Waals surface area contributed by atoms with Crippen LogP contribution in [0.1, 0.15) is 6.42 Å². The van der Waals surface area contributed by atoms with Crippen LogP contribution < -0.4 is 10.1 Å². The van der Waals surface area contributed by atoms with Crippen LogP contribution in [0.25, 0.3) is 0 Å². The fourth-order valence-electron chi connectivity index (χ4n) is 3.51. The van der Waals surface area contributed by atoms with Crippen molar-refractivity contribution in [2.45, 2.75) is 6.42 Å². The van der Waals surface area contributed by atoms with Crippen LogP contribution in [0.15, 0.2) is 34.8 Å². The highest BCUT2D eigenvalue weighted by Gasteiger charge is 2.51. The van der Waals surface area contributed by atoms with E-state index in [1.54, 1.807) is 12.1 Å². The number of ether oxygens (including phenoxy) is 1. The Kier molecular flexibility index (Phi) is 3.95. The van der Waals surface area contributed by atoms with E-state index >= 15 is 0 Å². The molecule has 1 saturated carbocycles. The molecular formula is C16H16BrNO4. The number of hydrogen-bond acceptors (Lipinski definition) is 3. The number of carboxylic acids is 1. The van der Waals surface area contributed by atoms with Gasteiger partial charge in [0, 0.05) is 4.47 Å². The number of anilines is 1. The zero-order chi connectivity index (χ0) is 15.9. The number of halogens is 1. The number of amides is 1. The van der Waals surface area contributed by atoms with Gasteiger partial charge in [-0.15, -0.1) is 0 Å². The largest absolute Gasteiger partial charge is 0.495 e. The molecule has 1 aromatic carbocycles. The van der Waals surface area contributed by atoms with Gasteiger partial charge in [0.15, 0.2) is 0 Å². The number of aliphatic carboxylic acids is 1. The molecule has 0 aliphatic heterocycles. The number of benzene rings is 1. The normalized spacial score (nSPS) is 28.6. The number of rotatable bonds is 4. The van der Waals surface area contributed by atoms with Crippen molar-refractivity contribution in [1.29, 1.82) is 0 Å². The lowest BCUT2D eigenvalue weighted by atomic mass is 9.82. The zero-order valence-electron chi connectivity index (χ0n) is 12.0. The van der Waals surface area contributed by atoms with Crippen LogP contribution in [-0.4, -0.2) is 24.1 Å². The van der Waals surface area contributed by atoms with Gasteiger partial charge in [-0.3, -0.25) is 9.59 Å². The number of allylic oxidation sites excluding steroid dienone is 2. The highest BCUT2D eigenvalue weighted by molar-refractivity contribution is 9.10. The average Bonchev–Trinajstić information content (AvgIpc) is 3.08. The average molecular weight is 366 g/mol. The van der Waals surface area contributed by atoms with Crippen LogP contribution in [0.3, 0.4) is 0 Å². The molecule has 116 valence electrons. The summed E-state index contributed by atoms with van der Waals surface area (Å²) in [5.74, 6) is -1.84. The van der Waals surface area contributed by atoms with Gasteiger partial charge in [-0.1, -0.05) is 28.1 Å². The fraction of sp³-hybridized carbons (Fsp3) is 0.375. The molecule has 22 heavy (non-hydrogen) atoms. The molecule has 5 nitrogen and oxygen atoms in total. The minimum Gasteiger partial charge on any atom is -0.495 e. The van der Waals surface area contributed by atoms with E-state index in [-0.39, 0.29) is 17.7 Å². The molecule has 3 rings (SSSR count). The van der Waals surface area contributed by atoms with Crippen molar-refractivity contribution in [2.75, 3.05) is 12.4 Å². The number of carbonyl (C=O) groups is 2. The predicted molar refractivity (Wildman–Crippen MR) is 84.7 cm³/mol. The highest BCUT2D eigenvalue weighted by atomic mass is 79.9. The van der Waals surface area contributed by atoms with Crippen molar-refractivity contribution in [2.24, 2.45) is 23.7 Å². The molecule has 2 N–H and O–H groups in total. The van der Waals surface area contributed by atoms with Crippen LogP contribution in [0.2, 0.25) is 0 Å². The molecule has 0 saturated heterocycles. The SMILES string of the molecule is COc1ccc(Br)cc1NC(=O)[C@H]1[C@@H](C(=O)O)[C@H]2C=C[C@H]1C2. The molecule has 1 amide bonds. The molecule has 2 aliphatic carbocycles. The van der Waals surface area contributed by atoms with Gasteiger partial charge in [0.1, 0.15) is 5.75 Å². The standard InChI is InChI=1S/C16H16BrNO4/c1-22-12-5-4-10(17)7-11(12)18-15(19)13-8-2-3-9(6-8)14(13)16(20)21/h2-5,7-9,13-14H,6H2,1H3,(H,18,19)(H,20,21)/t8-,9-,13+,14-/m0/s1.